The molecule has 15 heavy (non-hydrogen) atoms. The second-order valence-electron chi connectivity index (χ2n) is 3.35. The van der Waals surface area contributed by atoms with Gasteiger partial charge in [-0.2, -0.15) is 0 Å². The van der Waals surface area contributed by atoms with E-state index >= 15 is 0 Å². The molecule has 0 saturated heterocycles. The number of hydrogen-bond acceptors (Lipinski definition) is 5. The third-order valence-corrected chi connectivity index (χ3v) is 1.07. The van der Waals surface area contributed by atoms with Crippen LogP contribution in [0.3, 0.4) is 0 Å². The van der Waals surface area contributed by atoms with Gasteiger partial charge >= 0.3 is 103 Å². The Balaban J connectivity index is -0.000000720. The molecule has 0 rings (SSSR count). The van der Waals surface area contributed by atoms with E-state index in [4.69, 9.17) is 4.74 Å². The number of hydrogen-bond donors (Lipinski definition) is 0. The van der Waals surface area contributed by atoms with E-state index in [9.17, 15) is 19.8 Å². The number of carboxylic acid groups (broad SMARTS) is 2. The molecule has 0 heterocycles. The maximum atomic E-state index is 10.2. The summed E-state index contributed by atoms with van der Waals surface area (Å²) in [6, 6.07) is 0. The quantitative estimate of drug-likeness (QED) is 0.366. The molecule has 0 aromatic rings. The van der Waals surface area contributed by atoms with E-state index < -0.39 is 24.5 Å². The van der Waals surface area contributed by atoms with Crippen LogP contribution in [-0.2, 0) is 4.74 Å². The molecule has 0 saturated carbocycles. The SMILES string of the molecule is CC(C)(C)OCN(C(=O)[O-])C(=O)[O-].[K+].[K+]. The molecular weight excluding hydrogens is 256 g/mol. The zero-order valence-electron chi connectivity index (χ0n) is 9.70. The van der Waals surface area contributed by atoms with Gasteiger partial charge in [0.1, 0.15) is 18.9 Å². The van der Waals surface area contributed by atoms with Crippen molar-refractivity contribution in [2.45, 2.75) is 26.4 Å². The summed E-state index contributed by atoms with van der Waals surface area (Å²) in [5.74, 6) is 0. The molecule has 0 atom stereocenters. The number of rotatable bonds is 2. The molecule has 0 aliphatic carbocycles. The summed E-state index contributed by atoms with van der Waals surface area (Å²) in [5, 5.41) is 20.3. The second kappa shape index (κ2) is 9.95. The van der Waals surface area contributed by atoms with Crippen molar-refractivity contribution in [1.82, 2.24) is 4.90 Å². The van der Waals surface area contributed by atoms with Crippen molar-refractivity contribution < 1.29 is 127 Å². The van der Waals surface area contributed by atoms with Gasteiger partial charge in [-0.25, -0.2) is 0 Å². The molecule has 76 valence electrons. The molecule has 0 N–H and O–H groups in total. The molecule has 0 aromatic heterocycles. The van der Waals surface area contributed by atoms with Crippen molar-refractivity contribution in [2.24, 2.45) is 0 Å². The van der Waals surface area contributed by atoms with Crippen LogP contribution in [-0.4, -0.2) is 29.4 Å². The number of carbonyl (C=O) groups excluding carboxylic acids is 2. The van der Waals surface area contributed by atoms with Gasteiger partial charge in [0.25, 0.3) is 0 Å². The summed E-state index contributed by atoms with van der Waals surface area (Å²) in [4.78, 5) is 20.3. The molecule has 2 amide bonds. The fourth-order valence-electron chi connectivity index (χ4n) is 0.438. The first-order valence-electron chi connectivity index (χ1n) is 3.57. The Bertz CT molecular complexity index is 202. The Morgan fingerprint density at radius 1 is 1.13 bits per heavy atom. The van der Waals surface area contributed by atoms with Gasteiger partial charge in [0.05, 0.1) is 5.60 Å². The number of nitrogens with zero attached hydrogens (tertiary/aromatic N) is 1. The van der Waals surface area contributed by atoms with Gasteiger partial charge in [-0.15, -0.1) is 0 Å². The van der Waals surface area contributed by atoms with Crippen molar-refractivity contribution in [1.29, 1.82) is 0 Å². The molecule has 0 aliphatic rings. The van der Waals surface area contributed by atoms with E-state index in [1.165, 1.54) is 0 Å². The largest absolute Gasteiger partial charge is 1.00 e. The zero-order chi connectivity index (χ0) is 10.6. The molecule has 0 spiro atoms. The number of ether oxygens (including phenoxy) is 1. The van der Waals surface area contributed by atoms with Gasteiger partial charge in [-0.05, 0) is 20.8 Å². The minimum Gasteiger partial charge on any atom is -0.530 e. The topological polar surface area (TPSA) is 92.7 Å². The summed E-state index contributed by atoms with van der Waals surface area (Å²) in [5.41, 5.74) is -0.622. The normalized spacial score (nSPS) is 9.53. The van der Waals surface area contributed by atoms with Crippen molar-refractivity contribution in [3.05, 3.63) is 0 Å². The molecule has 0 aromatic carbocycles. The third kappa shape index (κ3) is 12.2. The molecule has 0 bridgehead atoms. The first-order valence-corrected chi connectivity index (χ1v) is 3.57. The second-order valence-corrected chi connectivity index (χ2v) is 3.35. The Morgan fingerprint density at radius 3 is 1.67 bits per heavy atom. The predicted molar refractivity (Wildman–Crippen MR) is 38.3 cm³/mol. The minimum atomic E-state index is -1.86. The first kappa shape index (κ1) is 22.2. The summed E-state index contributed by atoms with van der Waals surface area (Å²) >= 11 is 0. The minimum absolute atomic E-state index is 0. The fraction of sp³-hybridized carbons (Fsp3) is 0.714. The Kier molecular flexibility index (Phi) is 14.7. The maximum absolute atomic E-state index is 10.2. The van der Waals surface area contributed by atoms with Crippen LogP contribution in [0.1, 0.15) is 20.8 Å². The van der Waals surface area contributed by atoms with Gasteiger partial charge in [0, 0.05) is 0 Å². The molecule has 0 unspecified atom stereocenters. The van der Waals surface area contributed by atoms with E-state index in [2.05, 4.69) is 0 Å². The number of amides is 2. The van der Waals surface area contributed by atoms with E-state index in [0.717, 1.165) is 0 Å². The van der Waals surface area contributed by atoms with Gasteiger partial charge in [-0.1, -0.05) is 0 Å². The predicted octanol–water partition coefficient (Wildman–Crippen LogP) is -7.24. The standard InChI is InChI=1S/C7H13NO5.2K/c1-7(2,3)13-4-8(5(9)10)6(11)12;;/h4H2,1-3H3,(H,9,10)(H,11,12);;/q;2*+1/p-2. The van der Waals surface area contributed by atoms with Gasteiger partial charge < -0.3 is 24.5 Å². The zero-order valence-corrected chi connectivity index (χ0v) is 15.9. The van der Waals surface area contributed by atoms with E-state index in [1.54, 1.807) is 20.8 Å². The average molecular weight is 267 g/mol. The van der Waals surface area contributed by atoms with Crippen molar-refractivity contribution in [3.8, 4) is 0 Å². The Hall–Kier alpha value is 1.97. The van der Waals surface area contributed by atoms with Crippen LogP contribution in [0.4, 0.5) is 9.59 Å². The van der Waals surface area contributed by atoms with Crippen LogP contribution < -0.4 is 113 Å². The summed E-state index contributed by atoms with van der Waals surface area (Å²) in [6.07, 6.45) is -3.71. The smallest absolute Gasteiger partial charge is 0.530 e. The van der Waals surface area contributed by atoms with Crippen LogP contribution in [0.2, 0.25) is 0 Å². The molecule has 8 heteroatoms. The molecule has 0 radical (unpaired) electrons. The van der Waals surface area contributed by atoms with E-state index in [0.29, 0.717) is 0 Å². The number of imide groups is 1. The fourth-order valence-corrected chi connectivity index (χ4v) is 0.438. The molecule has 0 fully saturated rings. The van der Waals surface area contributed by atoms with Gasteiger partial charge in [-0.3, -0.25) is 4.90 Å². The maximum Gasteiger partial charge on any atom is 1.00 e. The van der Waals surface area contributed by atoms with E-state index in [-0.39, 0.29) is 108 Å². The van der Waals surface area contributed by atoms with Gasteiger partial charge in [0.15, 0.2) is 0 Å². The average Bonchev–Trinajstić information content (AvgIpc) is 1.82. The summed E-state index contributed by atoms with van der Waals surface area (Å²) in [6.45, 7) is 4.38. The molecule has 6 nitrogen and oxygen atoms in total. The van der Waals surface area contributed by atoms with Crippen LogP contribution in [0.15, 0.2) is 0 Å². The molecular formula is C7H11K2NO5. The summed E-state index contributed by atoms with van der Waals surface area (Å²) < 4.78 is 4.90. The van der Waals surface area contributed by atoms with Crippen molar-refractivity contribution in [2.75, 3.05) is 6.73 Å². The first-order chi connectivity index (χ1) is 5.74. The van der Waals surface area contributed by atoms with Gasteiger partial charge in [0.2, 0.25) is 0 Å². The van der Waals surface area contributed by atoms with Crippen LogP contribution in [0, 0.1) is 0 Å². The Morgan fingerprint density at radius 2 is 1.47 bits per heavy atom. The van der Waals surface area contributed by atoms with Crippen molar-refractivity contribution in [3.63, 3.8) is 0 Å². The molecule has 0 aliphatic heterocycles. The van der Waals surface area contributed by atoms with Crippen LogP contribution >= 0.6 is 0 Å². The Labute approximate surface area is 174 Å². The number of carbonyl (C=O) groups is 2. The van der Waals surface area contributed by atoms with Crippen molar-refractivity contribution >= 4 is 12.2 Å². The van der Waals surface area contributed by atoms with E-state index in [1.807, 2.05) is 0 Å². The van der Waals surface area contributed by atoms with Crippen LogP contribution in [0.5, 0.6) is 0 Å². The van der Waals surface area contributed by atoms with Crippen LogP contribution in [0.25, 0.3) is 0 Å². The monoisotopic (exact) mass is 267 g/mol. The third-order valence-electron chi connectivity index (χ3n) is 1.07. The summed E-state index contributed by atoms with van der Waals surface area (Å²) in [7, 11) is 0.